The third kappa shape index (κ3) is 3.68. The van der Waals surface area contributed by atoms with E-state index in [1.807, 2.05) is 12.1 Å². The molecule has 2 nitrogen and oxygen atoms in total. The number of thioether (sulfide) groups is 1. The topological polar surface area (TPSA) is 26.0 Å². The van der Waals surface area contributed by atoms with E-state index in [2.05, 4.69) is 24.4 Å². The third-order valence-corrected chi connectivity index (χ3v) is 2.56. The van der Waals surface area contributed by atoms with Gasteiger partial charge in [-0.3, -0.25) is 0 Å². The summed E-state index contributed by atoms with van der Waals surface area (Å²) in [6, 6.07) is 1.98. The summed E-state index contributed by atoms with van der Waals surface area (Å²) in [6.07, 6.45) is 4.10. The van der Waals surface area contributed by atoms with Crippen LogP contribution < -0.4 is 0 Å². The normalized spacial score (nSPS) is 11.2. The molecule has 0 aliphatic heterocycles. The Bertz CT molecular complexity index is 268. The lowest BCUT2D eigenvalue weighted by atomic mass is 10.3. The molecule has 0 amide bonds. The maximum atomic E-state index is 5.06. The molecule has 0 radical (unpaired) electrons. The van der Waals surface area contributed by atoms with Gasteiger partial charge in [-0.2, -0.15) is 0 Å². The van der Waals surface area contributed by atoms with Crippen molar-refractivity contribution in [2.45, 2.75) is 26.7 Å². The van der Waals surface area contributed by atoms with Crippen LogP contribution in [-0.2, 0) is 6.42 Å². The summed E-state index contributed by atoms with van der Waals surface area (Å²) in [6.45, 7) is 4.23. The monoisotopic (exact) mass is 197 g/mol. The van der Waals surface area contributed by atoms with E-state index in [-0.39, 0.29) is 0 Å². The van der Waals surface area contributed by atoms with Crippen LogP contribution in [0.5, 0.6) is 0 Å². The first-order valence-electron chi connectivity index (χ1n) is 4.60. The summed E-state index contributed by atoms with van der Waals surface area (Å²) in [7, 11) is 0. The van der Waals surface area contributed by atoms with Crippen molar-refractivity contribution < 1.29 is 4.52 Å². The second-order valence-electron chi connectivity index (χ2n) is 2.75. The van der Waals surface area contributed by atoms with Gasteiger partial charge >= 0.3 is 0 Å². The van der Waals surface area contributed by atoms with Gasteiger partial charge in [-0.1, -0.05) is 19.0 Å². The van der Waals surface area contributed by atoms with Gasteiger partial charge in [0.05, 0.1) is 0 Å². The molecule has 0 aliphatic carbocycles. The third-order valence-electron chi connectivity index (χ3n) is 1.58. The van der Waals surface area contributed by atoms with Crippen molar-refractivity contribution >= 4 is 17.8 Å². The minimum Gasteiger partial charge on any atom is -0.361 e. The highest BCUT2D eigenvalue weighted by atomic mass is 32.2. The Kier molecular flexibility index (Phi) is 4.68. The second kappa shape index (κ2) is 5.86. The van der Waals surface area contributed by atoms with Crippen LogP contribution in [0.2, 0.25) is 0 Å². The predicted octanol–water partition coefficient (Wildman–Crippen LogP) is 3.35. The Morgan fingerprint density at radius 1 is 1.54 bits per heavy atom. The Morgan fingerprint density at radius 2 is 2.38 bits per heavy atom. The highest BCUT2D eigenvalue weighted by Gasteiger charge is 1.96. The molecule has 0 aliphatic rings. The molecule has 0 fully saturated rings. The minimum absolute atomic E-state index is 0.906. The first kappa shape index (κ1) is 10.4. The number of nitrogens with zero attached hydrogens (tertiary/aromatic N) is 1. The zero-order valence-corrected chi connectivity index (χ0v) is 8.93. The lowest BCUT2D eigenvalue weighted by Crippen LogP contribution is -1.69. The lowest BCUT2D eigenvalue weighted by Gasteiger charge is -1.86. The molecular formula is C10H15NOS. The van der Waals surface area contributed by atoms with Gasteiger partial charge in [-0.15, -0.1) is 11.8 Å². The second-order valence-corrected chi connectivity index (χ2v) is 3.76. The molecule has 13 heavy (non-hydrogen) atoms. The molecule has 0 saturated carbocycles. The maximum Gasteiger partial charge on any atom is 0.137 e. The quantitative estimate of drug-likeness (QED) is 0.677. The average Bonchev–Trinajstić information content (AvgIpc) is 2.60. The summed E-state index contributed by atoms with van der Waals surface area (Å²) in [5.41, 5.74) is 0.917. The molecule has 1 aromatic rings. The van der Waals surface area contributed by atoms with E-state index in [9.17, 15) is 0 Å². The molecule has 1 rings (SSSR count). The average molecular weight is 197 g/mol. The van der Waals surface area contributed by atoms with E-state index >= 15 is 0 Å². The van der Waals surface area contributed by atoms with Gasteiger partial charge in [0.15, 0.2) is 0 Å². The number of hydrogen-bond donors (Lipinski definition) is 0. The van der Waals surface area contributed by atoms with Gasteiger partial charge in [-0.05, 0) is 23.7 Å². The van der Waals surface area contributed by atoms with Crippen molar-refractivity contribution in [1.29, 1.82) is 0 Å². The molecule has 0 atom stereocenters. The van der Waals surface area contributed by atoms with E-state index in [1.165, 1.54) is 6.42 Å². The van der Waals surface area contributed by atoms with Gasteiger partial charge < -0.3 is 4.52 Å². The summed E-state index contributed by atoms with van der Waals surface area (Å²) in [4.78, 5) is 0. The van der Waals surface area contributed by atoms with Crippen molar-refractivity contribution in [3.05, 3.63) is 22.9 Å². The summed E-state index contributed by atoms with van der Waals surface area (Å²) in [5.74, 6) is 2.11. The fraction of sp³-hybridized carbons (Fsp3) is 0.500. The number of aromatic nitrogens is 1. The molecule has 72 valence electrons. The molecule has 0 spiro atoms. The van der Waals surface area contributed by atoms with Gasteiger partial charge in [0.1, 0.15) is 11.5 Å². The molecular weight excluding hydrogens is 182 g/mol. The van der Waals surface area contributed by atoms with E-state index in [0.717, 1.165) is 23.6 Å². The van der Waals surface area contributed by atoms with Crippen molar-refractivity contribution in [2.75, 3.05) is 5.75 Å². The molecule has 0 aromatic carbocycles. The van der Waals surface area contributed by atoms with Gasteiger partial charge in [0.2, 0.25) is 0 Å². The first-order chi connectivity index (χ1) is 6.36. The van der Waals surface area contributed by atoms with Crippen molar-refractivity contribution in [3.8, 4) is 0 Å². The fourth-order valence-corrected chi connectivity index (χ4v) is 1.49. The molecule has 0 saturated heterocycles. The Morgan fingerprint density at radius 3 is 3.00 bits per heavy atom. The fourth-order valence-electron chi connectivity index (χ4n) is 0.878. The van der Waals surface area contributed by atoms with Crippen LogP contribution in [0.15, 0.2) is 16.0 Å². The van der Waals surface area contributed by atoms with Crippen molar-refractivity contribution in [1.82, 2.24) is 5.16 Å². The number of aryl methyl sites for hydroxylation is 1. The SMILES string of the molecule is CCCSC=Cc1cc(CC)on1. The molecule has 1 aromatic heterocycles. The van der Waals surface area contributed by atoms with Crippen LogP contribution in [0.1, 0.15) is 31.7 Å². The zero-order valence-electron chi connectivity index (χ0n) is 8.12. The van der Waals surface area contributed by atoms with Crippen LogP contribution in [0, 0.1) is 0 Å². The van der Waals surface area contributed by atoms with Crippen LogP contribution in [0.3, 0.4) is 0 Å². The van der Waals surface area contributed by atoms with Gasteiger partial charge in [0, 0.05) is 12.5 Å². The highest BCUT2D eigenvalue weighted by Crippen LogP contribution is 2.10. The van der Waals surface area contributed by atoms with Crippen LogP contribution in [0.4, 0.5) is 0 Å². The molecule has 0 unspecified atom stereocenters. The van der Waals surface area contributed by atoms with E-state index < -0.39 is 0 Å². The Balaban J connectivity index is 2.39. The molecule has 0 bridgehead atoms. The number of hydrogen-bond acceptors (Lipinski definition) is 3. The maximum absolute atomic E-state index is 5.06. The summed E-state index contributed by atoms with van der Waals surface area (Å²) in [5, 5.41) is 5.98. The van der Waals surface area contributed by atoms with Gasteiger partial charge in [0.25, 0.3) is 0 Å². The molecule has 0 N–H and O–H groups in total. The Labute approximate surface area is 83.4 Å². The Hall–Kier alpha value is -0.700. The van der Waals surface area contributed by atoms with Crippen LogP contribution in [-0.4, -0.2) is 10.9 Å². The predicted molar refractivity (Wildman–Crippen MR) is 57.7 cm³/mol. The zero-order chi connectivity index (χ0) is 9.52. The van der Waals surface area contributed by atoms with Crippen molar-refractivity contribution in [2.24, 2.45) is 0 Å². The van der Waals surface area contributed by atoms with Crippen molar-refractivity contribution in [3.63, 3.8) is 0 Å². The molecule has 1 heterocycles. The largest absolute Gasteiger partial charge is 0.361 e. The first-order valence-corrected chi connectivity index (χ1v) is 5.65. The lowest BCUT2D eigenvalue weighted by molar-refractivity contribution is 0.385. The minimum atomic E-state index is 0.906. The number of rotatable bonds is 5. The smallest absolute Gasteiger partial charge is 0.137 e. The van der Waals surface area contributed by atoms with Crippen LogP contribution in [0.25, 0.3) is 6.08 Å². The summed E-state index contributed by atoms with van der Waals surface area (Å²) < 4.78 is 5.06. The standard InChI is InChI=1S/C10H15NOS/c1-3-6-13-7-5-9-8-10(4-2)12-11-9/h5,7-8H,3-4,6H2,1-2H3. The van der Waals surface area contributed by atoms with E-state index in [0.29, 0.717) is 0 Å². The van der Waals surface area contributed by atoms with E-state index in [1.54, 1.807) is 11.8 Å². The summed E-state index contributed by atoms with van der Waals surface area (Å²) >= 11 is 1.80. The van der Waals surface area contributed by atoms with E-state index in [4.69, 9.17) is 4.52 Å². The van der Waals surface area contributed by atoms with Gasteiger partial charge in [-0.25, -0.2) is 0 Å². The van der Waals surface area contributed by atoms with Crippen LogP contribution >= 0.6 is 11.8 Å². The highest BCUT2D eigenvalue weighted by molar-refractivity contribution is 8.02. The molecule has 3 heteroatoms.